The maximum atomic E-state index is 12.3. The SMILES string of the molecule is CC(=O)N(c1nc(CSc2nnc(NC3CC3)s2)cs1)c1ccc(C)cc1C. The third-order valence-corrected chi connectivity index (χ3v) is 7.19. The molecular formula is C19H21N5OS3. The molecule has 4 rings (SSSR count). The van der Waals surface area contributed by atoms with Crippen molar-refractivity contribution in [2.24, 2.45) is 0 Å². The Bertz CT molecular complexity index is 995. The van der Waals surface area contributed by atoms with Crippen molar-refractivity contribution in [1.82, 2.24) is 15.2 Å². The molecule has 146 valence electrons. The highest BCUT2D eigenvalue weighted by molar-refractivity contribution is 8.00. The third-order valence-electron chi connectivity index (χ3n) is 4.29. The molecule has 3 aromatic rings. The highest BCUT2D eigenvalue weighted by Crippen LogP contribution is 2.35. The summed E-state index contributed by atoms with van der Waals surface area (Å²) in [5, 5.41) is 15.4. The van der Waals surface area contributed by atoms with Gasteiger partial charge in [-0.1, -0.05) is 40.8 Å². The molecule has 0 atom stereocenters. The summed E-state index contributed by atoms with van der Waals surface area (Å²) in [6.45, 7) is 5.64. The molecule has 0 radical (unpaired) electrons. The molecule has 1 saturated carbocycles. The van der Waals surface area contributed by atoms with Gasteiger partial charge in [0.1, 0.15) is 0 Å². The summed E-state index contributed by atoms with van der Waals surface area (Å²) in [5.74, 6) is 0.660. The molecule has 2 heterocycles. The molecule has 0 saturated heterocycles. The van der Waals surface area contributed by atoms with Crippen LogP contribution in [0.1, 0.15) is 36.6 Å². The summed E-state index contributed by atoms with van der Waals surface area (Å²) in [6, 6.07) is 6.66. The Labute approximate surface area is 176 Å². The number of carbonyl (C=O) groups excluding carboxylic acids is 1. The average molecular weight is 432 g/mol. The molecule has 2 aromatic heterocycles. The Morgan fingerprint density at radius 2 is 2.14 bits per heavy atom. The Kier molecular flexibility index (Phi) is 5.65. The van der Waals surface area contributed by atoms with E-state index in [1.807, 2.05) is 31.4 Å². The van der Waals surface area contributed by atoms with E-state index < -0.39 is 0 Å². The number of rotatable bonds is 7. The summed E-state index contributed by atoms with van der Waals surface area (Å²) in [6.07, 6.45) is 2.44. The lowest BCUT2D eigenvalue weighted by Crippen LogP contribution is -2.23. The van der Waals surface area contributed by atoms with Gasteiger partial charge in [0.25, 0.3) is 0 Å². The molecule has 28 heavy (non-hydrogen) atoms. The van der Waals surface area contributed by atoms with Crippen LogP contribution in [0.2, 0.25) is 0 Å². The lowest BCUT2D eigenvalue weighted by atomic mass is 10.1. The van der Waals surface area contributed by atoms with E-state index in [0.29, 0.717) is 16.9 Å². The highest BCUT2D eigenvalue weighted by Gasteiger charge is 2.23. The lowest BCUT2D eigenvalue weighted by Gasteiger charge is -2.20. The molecule has 0 bridgehead atoms. The minimum Gasteiger partial charge on any atom is -0.357 e. The zero-order valence-electron chi connectivity index (χ0n) is 15.9. The number of aromatic nitrogens is 3. The van der Waals surface area contributed by atoms with Gasteiger partial charge in [0.2, 0.25) is 11.0 Å². The van der Waals surface area contributed by atoms with Crippen LogP contribution in [-0.2, 0) is 10.5 Å². The predicted octanol–water partition coefficient (Wildman–Crippen LogP) is 5.16. The zero-order chi connectivity index (χ0) is 19.7. The van der Waals surface area contributed by atoms with Gasteiger partial charge in [-0.25, -0.2) is 4.98 Å². The number of carbonyl (C=O) groups is 1. The minimum atomic E-state index is -0.0413. The fourth-order valence-corrected chi connectivity index (χ4v) is 5.50. The van der Waals surface area contributed by atoms with E-state index in [-0.39, 0.29) is 5.91 Å². The number of amides is 1. The summed E-state index contributed by atoms with van der Waals surface area (Å²) in [7, 11) is 0. The van der Waals surface area contributed by atoms with Gasteiger partial charge in [-0.05, 0) is 38.3 Å². The molecule has 0 spiro atoms. The number of benzene rings is 1. The van der Waals surface area contributed by atoms with E-state index in [4.69, 9.17) is 4.98 Å². The summed E-state index contributed by atoms with van der Waals surface area (Å²) >= 11 is 4.69. The number of hydrogen-bond acceptors (Lipinski definition) is 8. The molecule has 1 N–H and O–H groups in total. The van der Waals surface area contributed by atoms with Crippen molar-refractivity contribution < 1.29 is 4.79 Å². The Hall–Kier alpha value is -1.97. The first-order chi connectivity index (χ1) is 13.5. The van der Waals surface area contributed by atoms with E-state index in [9.17, 15) is 4.79 Å². The molecule has 6 nitrogen and oxygen atoms in total. The molecule has 1 amide bonds. The van der Waals surface area contributed by atoms with Crippen molar-refractivity contribution in [3.63, 3.8) is 0 Å². The summed E-state index contributed by atoms with van der Waals surface area (Å²) in [5.41, 5.74) is 4.05. The van der Waals surface area contributed by atoms with Crippen LogP contribution in [0.5, 0.6) is 0 Å². The molecule has 0 aliphatic heterocycles. The van der Waals surface area contributed by atoms with Crippen molar-refractivity contribution in [3.8, 4) is 0 Å². The first kappa shape index (κ1) is 19.4. The largest absolute Gasteiger partial charge is 0.357 e. The number of thioether (sulfide) groups is 1. The van der Waals surface area contributed by atoms with Crippen LogP contribution in [0.15, 0.2) is 27.9 Å². The van der Waals surface area contributed by atoms with Crippen LogP contribution in [0, 0.1) is 13.8 Å². The third kappa shape index (κ3) is 4.53. The minimum absolute atomic E-state index is 0.0413. The number of anilines is 3. The summed E-state index contributed by atoms with van der Waals surface area (Å²) in [4.78, 5) is 18.7. The van der Waals surface area contributed by atoms with Crippen LogP contribution in [0.3, 0.4) is 0 Å². The van der Waals surface area contributed by atoms with Crippen molar-refractivity contribution in [2.75, 3.05) is 10.2 Å². The fourth-order valence-electron chi connectivity index (χ4n) is 2.79. The Morgan fingerprint density at radius 1 is 1.32 bits per heavy atom. The molecule has 9 heteroatoms. The summed E-state index contributed by atoms with van der Waals surface area (Å²) < 4.78 is 0.926. The number of aryl methyl sites for hydroxylation is 2. The van der Waals surface area contributed by atoms with Crippen LogP contribution in [-0.4, -0.2) is 27.1 Å². The van der Waals surface area contributed by atoms with Gasteiger partial charge in [0.15, 0.2) is 9.47 Å². The normalized spacial score (nSPS) is 13.5. The first-order valence-corrected chi connectivity index (χ1v) is 11.7. The highest BCUT2D eigenvalue weighted by atomic mass is 32.2. The Morgan fingerprint density at radius 3 is 2.86 bits per heavy atom. The van der Waals surface area contributed by atoms with E-state index in [1.54, 1.807) is 34.9 Å². The maximum absolute atomic E-state index is 12.3. The van der Waals surface area contributed by atoms with Crippen LogP contribution < -0.4 is 10.2 Å². The number of nitrogens with one attached hydrogen (secondary N) is 1. The maximum Gasteiger partial charge on any atom is 0.230 e. The van der Waals surface area contributed by atoms with Gasteiger partial charge in [-0.3, -0.25) is 9.69 Å². The van der Waals surface area contributed by atoms with Gasteiger partial charge in [-0.2, -0.15) is 0 Å². The van der Waals surface area contributed by atoms with Crippen molar-refractivity contribution in [1.29, 1.82) is 0 Å². The molecule has 1 aliphatic rings. The van der Waals surface area contributed by atoms with Crippen molar-refractivity contribution in [3.05, 3.63) is 40.4 Å². The van der Waals surface area contributed by atoms with Crippen LogP contribution >= 0.6 is 34.4 Å². The molecule has 0 unspecified atom stereocenters. The van der Waals surface area contributed by atoms with E-state index >= 15 is 0 Å². The van der Waals surface area contributed by atoms with E-state index in [0.717, 1.165) is 26.4 Å². The molecular weight excluding hydrogens is 410 g/mol. The van der Waals surface area contributed by atoms with Gasteiger partial charge in [0, 0.05) is 24.1 Å². The fraction of sp³-hybridized carbons (Fsp3) is 0.368. The van der Waals surface area contributed by atoms with Crippen LogP contribution in [0.4, 0.5) is 16.0 Å². The first-order valence-electron chi connectivity index (χ1n) is 9.05. The Balaban J connectivity index is 1.45. The van der Waals surface area contributed by atoms with Gasteiger partial charge in [-0.15, -0.1) is 21.5 Å². The van der Waals surface area contributed by atoms with E-state index in [1.165, 1.54) is 29.7 Å². The average Bonchev–Trinajstić information content (AvgIpc) is 3.14. The number of thiazole rings is 1. The quantitative estimate of drug-likeness (QED) is 0.521. The second-order valence-corrected chi connectivity index (χ2v) is 9.88. The molecule has 1 aromatic carbocycles. The van der Waals surface area contributed by atoms with Gasteiger partial charge < -0.3 is 5.32 Å². The second-order valence-electron chi connectivity index (χ2n) is 6.85. The van der Waals surface area contributed by atoms with Crippen molar-refractivity contribution in [2.45, 2.75) is 49.7 Å². The lowest BCUT2D eigenvalue weighted by molar-refractivity contribution is -0.115. The number of hydrogen-bond donors (Lipinski definition) is 1. The van der Waals surface area contributed by atoms with Crippen LogP contribution in [0.25, 0.3) is 0 Å². The van der Waals surface area contributed by atoms with Crippen molar-refractivity contribution >= 4 is 56.3 Å². The van der Waals surface area contributed by atoms with E-state index in [2.05, 4.69) is 21.6 Å². The standard InChI is InChI=1S/C19H21N5OS3/c1-11-4-7-16(12(2)8-11)24(13(3)25)18-21-15(9-26-18)10-27-19-23-22-17(28-19)20-14-5-6-14/h4,7-9,14H,5-6,10H2,1-3H3,(H,20,22). The smallest absolute Gasteiger partial charge is 0.230 e. The number of nitrogens with zero attached hydrogens (tertiary/aromatic N) is 4. The monoisotopic (exact) mass is 431 g/mol. The molecule has 1 aliphatic carbocycles. The molecule has 1 fully saturated rings. The zero-order valence-corrected chi connectivity index (χ0v) is 18.4. The topological polar surface area (TPSA) is 71.0 Å². The van der Waals surface area contributed by atoms with Gasteiger partial charge >= 0.3 is 0 Å². The van der Waals surface area contributed by atoms with Gasteiger partial charge in [0.05, 0.1) is 11.4 Å². The second kappa shape index (κ2) is 8.18. The predicted molar refractivity (Wildman–Crippen MR) is 117 cm³/mol.